The quantitative estimate of drug-likeness (QED) is 0.778. The van der Waals surface area contributed by atoms with Crippen molar-refractivity contribution in [3.8, 4) is 17.2 Å². The largest absolute Gasteiger partial charge is 0.488 e. The summed E-state index contributed by atoms with van der Waals surface area (Å²) >= 11 is 0. The lowest BCUT2D eigenvalue weighted by Gasteiger charge is -2.36. The standard InChI is InChI=1S/C23H24N2O6/c26-18-12-25(23(28)10-14-1-5-20-21(9-14)30-13-29-20)8-7-19(18)31-16-4-2-15-3-6-22(27)24-17(15)11-16/h1-2,4-5,9,11,18-19,26H,3,6-8,10,12-13H2,(H,24,27)/t18-,19-/m1/s1. The first kappa shape index (κ1) is 19.7. The van der Waals surface area contributed by atoms with Crippen molar-refractivity contribution < 1.29 is 28.9 Å². The molecule has 2 aromatic rings. The second kappa shape index (κ2) is 8.11. The summed E-state index contributed by atoms with van der Waals surface area (Å²) in [6.45, 7) is 0.922. The lowest BCUT2D eigenvalue weighted by Crippen LogP contribution is -2.51. The molecule has 1 saturated heterocycles. The molecule has 162 valence electrons. The van der Waals surface area contributed by atoms with Crippen LogP contribution < -0.4 is 19.5 Å². The van der Waals surface area contributed by atoms with E-state index in [1.54, 1.807) is 17.0 Å². The lowest BCUT2D eigenvalue weighted by molar-refractivity contribution is -0.136. The Morgan fingerprint density at radius 1 is 1.16 bits per heavy atom. The van der Waals surface area contributed by atoms with Crippen molar-refractivity contribution in [2.24, 2.45) is 0 Å². The number of aliphatic hydroxyl groups excluding tert-OH is 1. The summed E-state index contributed by atoms with van der Waals surface area (Å²) in [5, 5.41) is 13.5. The van der Waals surface area contributed by atoms with Gasteiger partial charge in [-0.2, -0.15) is 0 Å². The number of aliphatic hydroxyl groups is 1. The zero-order valence-corrected chi connectivity index (χ0v) is 17.0. The van der Waals surface area contributed by atoms with E-state index in [2.05, 4.69) is 5.32 Å². The predicted octanol–water partition coefficient (Wildman–Crippen LogP) is 1.88. The van der Waals surface area contributed by atoms with Crippen LogP contribution in [0, 0.1) is 0 Å². The molecule has 0 aliphatic carbocycles. The van der Waals surface area contributed by atoms with Crippen LogP contribution in [0.4, 0.5) is 5.69 Å². The fraction of sp³-hybridized carbons (Fsp3) is 0.391. The fourth-order valence-electron chi connectivity index (χ4n) is 4.21. The molecule has 2 atom stereocenters. The minimum Gasteiger partial charge on any atom is -0.488 e. The van der Waals surface area contributed by atoms with Crippen molar-refractivity contribution in [2.45, 2.75) is 37.9 Å². The van der Waals surface area contributed by atoms with E-state index in [1.807, 2.05) is 24.3 Å². The number of nitrogens with one attached hydrogen (secondary N) is 1. The molecule has 5 rings (SSSR count). The number of piperidine rings is 1. The van der Waals surface area contributed by atoms with E-state index in [-0.39, 0.29) is 31.6 Å². The molecule has 0 bridgehead atoms. The van der Waals surface area contributed by atoms with E-state index in [4.69, 9.17) is 14.2 Å². The minimum atomic E-state index is -0.792. The predicted molar refractivity (Wildman–Crippen MR) is 111 cm³/mol. The van der Waals surface area contributed by atoms with E-state index in [0.717, 1.165) is 16.8 Å². The SMILES string of the molecule is O=C1CCc2ccc(O[C@@H]3CCN(C(=O)Cc4ccc5c(c4)OCO5)C[C@H]3O)cc2N1. The highest BCUT2D eigenvalue weighted by atomic mass is 16.7. The topological polar surface area (TPSA) is 97.3 Å². The molecular formula is C23H24N2O6. The van der Waals surface area contributed by atoms with Crippen molar-refractivity contribution in [3.63, 3.8) is 0 Å². The van der Waals surface area contributed by atoms with Crippen LogP contribution in [0.3, 0.4) is 0 Å². The Labute approximate surface area is 179 Å². The molecule has 0 aromatic heterocycles. The minimum absolute atomic E-state index is 0.000958. The molecular weight excluding hydrogens is 400 g/mol. The number of β-amino-alcohol motifs (C(OH)–C–C–N with tert-alkyl or cyclic N) is 1. The van der Waals surface area contributed by atoms with Gasteiger partial charge in [-0.15, -0.1) is 0 Å². The van der Waals surface area contributed by atoms with Gasteiger partial charge in [-0.3, -0.25) is 9.59 Å². The first-order chi connectivity index (χ1) is 15.0. The average Bonchev–Trinajstić information content (AvgIpc) is 3.22. The van der Waals surface area contributed by atoms with Gasteiger partial charge in [-0.1, -0.05) is 12.1 Å². The van der Waals surface area contributed by atoms with E-state index < -0.39 is 12.2 Å². The summed E-state index contributed by atoms with van der Waals surface area (Å²) in [6, 6.07) is 11.1. The fourth-order valence-corrected chi connectivity index (χ4v) is 4.21. The number of hydrogen-bond acceptors (Lipinski definition) is 6. The molecule has 8 heteroatoms. The van der Waals surface area contributed by atoms with Gasteiger partial charge in [0.15, 0.2) is 11.5 Å². The third-order valence-corrected chi connectivity index (χ3v) is 5.93. The van der Waals surface area contributed by atoms with Crippen molar-refractivity contribution in [1.82, 2.24) is 4.90 Å². The van der Waals surface area contributed by atoms with Gasteiger partial charge >= 0.3 is 0 Å². The average molecular weight is 424 g/mol. The van der Waals surface area contributed by atoms with Crippen molar-refractivity contribution in [1.29, 1.82) is 0 Å². The zero-order chi connectivity index (χ0) is 21.4. The van der Waals surface area contributed by atoms with Crippen molar-refractivity contribution in [3.05, 3.63) is 47.5 Å². The maximum Gasteiger partial charge on any atom is 0.231 e. The first-order valence-electron chi connectivity index (χ1n) is 10.5. The summed E-state index contributed by atoms with van der Waals surface area (Å²) in [7, 11) is 0. The smallest absolute Gasteiger partial charge is 0.231 e. The number of likely N-dealkylation sites (tertiary alicyclic amines) is 1. The maximum atomic E-state index is 12.7. The van der Waals surface area contributed by atoms with E-state index in [1.165, 1.54) is 0 Å². The Morgan fingerprint density at radius 3 is 2.90 bits per heavy atom. The Kier molecular flexibility index (Phi) is 5.15. The van der Waals surface area contributed by atoms with Crippen LogP contribution in [0.1, 0.15) is 24.0 Å². The summed E-state index contributed by atoms with van der Waals surface area (Å²) in [5.41, 5.74) is 2.69. The number of nitrogens with zero attached hydrogens (tertiary/aromatic N) is 1. The van der Waals surface area contributed by atoms with Crippen LogP contribution in [0.2, 0.25) is 0 Å². The molecule has 8 nitrogen and oxygen atoms in total. The number of fused-ring (bicyclic) bond motifs is 2. The maximum absolute atomic E-state index is 12.7. The molecule has 0 unspecified atom stereocenters. The third-order valence-electron chi connectivity index (χ3n) is 5.93. The highest BCUT2D eigenvalue weighted by Crippen LogP contribution is 2.33. The lowest BCUT2D eigenvalue weighted by atomic mass is 10.0. The van der Waals surface area contributed by atoms with Crippen molar-refractivity contribution in [2.75, 3.05) is 25.2 Å². The van der Waals surface area contributed by atoms with Gasteiger partial charge in [0.05, 0.1) is 13.0 Å². The molecule has 3 aliphatic heterocycles. The number of hydrogen-bond donors (Lipinski definition) is 2. The Balaban J connectivity index is 1.18. The zero-order valence-electron chi connectivity index (χ0n) is 17.0. The number of anilines is 1. The van der Waals surface area contributed by atoms with Gasteiger partial charge in [0.25, 0.3) is 0 Å². The van der Waals surface area contributed by atoms with Crippen LogP contribution in [0.5, 0.6) is 17.2 Å². The Bertz CT molecular complexity index is 1020. The normalized spacial score (nSPS) is 22.0. The second-order valence-electron chi connectivity index (χ2n) is 8.08. The summed E-state index contributed by atoms with van der Waals surface area (Å²) in [4.78, 5) is 26.0. The molecule has 1 fully saturated rings. The van der Waals surface area contributed by atoms with Gasteiger partial charge in [0.2, 0.25) is 18.6 Å². The molecule has 0 saturated carbocycles. The number of rotatable bonds is 4. The van der Waals surface area contributed by atoms with Gasteiger partial charge < -0.3 is 29.5 Å². The van der Waals surface area contributed by atoms with Gasteiger partial charge in [-0.25, -0.2) is 0 Å². The summed E-state index contributed by atoms with van der Waals surface area (Å²) in [6.07, 6.45) is 0.766. The highest BCUT2D eigenvalue weighted by molar-refractivity contribution is 5.94. The van der Waals surface area contributed by atoms with Crippen LogP contribution in [-0.4, -0.2) is 53.9 Å². The molecule has 3 heterocycles. The molecule has 0 radical (unpaired) electrons. The van der Waals surface area contributed by atoms with Gasteiger partial charge in [0.1, 0.15) is 18.0 Å². The van der Waals surface area contributed by atoms with Crippen LogP contribution in [-0.2, 0) is 22.4 Å². The molecule has 0 spiro atoms. The highest BCUT2D eigenvalue weighted by Gasteiger charge is 2.32. The van der Waals surface area contributed by atoms with Crippen molar-refractivity contribution >= 4 is 17.5 Å². The molecule has 31 heavy (non-hydrogen) atoms. The Hall–Kier alpha value is -3.26. The Morgan fingerprint density at radius 2 is 2.03 bits per heavy atom. The van der Waals surface area contributed by atoms with E-state index >= 15 is 0 Å². The number of amides is 2. The monoisotopic (exact) mass is 424 g/mol. The van der Waals surface area contributed by atoms with Crippen LogP contribution in [0.25, 0.3) is 0 Å². The number of benzene rings is 2. The third kappa shape index (κ3) is 4.16. The summed E-state index contributed by atoms with van der Waals surface area (Å²) in [5.74, 6) is 1.89. The van der Waals surface area contributed by atoms with Crippen LogP contribution in [0.15, 0.2) is 36.4 Å². The summed E-state index contributed by atoms with van der Waals surface area (Å²) < 4.78 is 16.7. The number of carbonyl (C=O) groups is 2. The molecule has 2 N–H and O–H groups in total. The number of carbonyl (C=O) groups excluding carboxylic acids is 2. The molecule has 2 amide bonds. The van der Waals surface area contributed by atoms with Gasteiger partial charge in [-0.05, 0) is 35.7 Å². The number of aryl methyl sites for hydroxylation is 1. The first-order valence-corrected chi connectivity index (χ1v) is 10.5. The van der Waals surface area contributed by atoms with Gasteiger partial charge in [0, 0.05) is 31.1 Å². The second-order valence-corrected chi connectivity index (χ2v) is 8.08. The number of ether oxygens (including phenoxy) is 3. The van der Waals surface area contributed by atoms with E-state index in [9.17, 15) is 14.7 Å². The van der Waals surface area contributed by atoms with Crippen LogP contribution >= 0.6 is 0 Å². The molecule has 3 aliphatic rings. The molecule has 2 aromatic carbocycles. The van der Waals surface area contributed by atoms with E-state index in [0.29, 0.717) is 43.1 Å².